The summed E-state index contributed by atoms with van der Waals surface area (Å²) in [5.74, 6) is -2.44. The molecule has 0 spiro atoms. The summed E-state index contributed by atoms with van der Waals surface area (Å²) in [5.41, 5.74) is 0.826. The van der Waals surface area contributed by atoms with E-state index < -0.39 is 23.2 Å². The lowest BCUT2D eigenvalue weighted by atomic mass is 10.1. The molecule has 102 valence electrons. The zero-order chi connectivity index (χ0) is 14.4. The second-order valence-corrected chi connectivity index (χ2v) is 5.41. The molecule has 2 N–H and O–H groups in total. The van der Waals surface area contributed by atoms with E-state index in [9.17, 15) is 9.59 Å². The van der Waals surface area contributed by atoms with Gasteiger partial charge in [-0.1, -0.05) is 13.8 Å². The molecule has 19 heavy (non-hydrogen) atoms. The van der Waals surface area contributed by atoms with Gasteiger partial charge in [-0.25, -0.2) is 4.98 Å². The molecule has 1 heterocycles. The van der Waals surface area contributed by atoms with Gasteiger partial charge in [-0.15, -0.1) is 5.10 Å². The molecule has 7 nitrogen and oxygen atoms in total. The maximum absolute atomic E-state index is 12.0. The van der Waals surface area contributed by atoms with Crippen LogP contribution in [0.4, 0.5) is 5.95 Å². The largest absolute Gasteiger partial charge is 0.481 e. The van der Waals surface area contributed by atoms with Crippen molar-refractivity contribution in [2.75, 3.05) is 5.32 Å². The fourth-order valence-electron chi connectivity index (χ4n) is 2.29. The van der Waals surface area contributed by atoms with E-state index in [0.717, 1.165) is 0 Å². The molecule has 0 aliphatic heterocycles. The van der Waals surface area contributed by atoms with Gasteiger partial charge in [0, 0.05) is 0 Å². The topological polar surface area (TPSA) is 105 Å². The Morgan fingerprint density at radius 1 is 1.16 bits per heavy atom. The molecule has 7 heteroatoms. The average molecular weight is 264 g/mol. The molecule has 2 rings (SSSR count). The van der Waals surface area contributed by atoms with E-state index in [1.54, 1.807) is 27.7 Å². The number of aliphatic carboxylic acids is 1. The number of rotatable bonds is 3. The molecule has 2 unspecified atom stereocenters. The quantitative estimate of drug-likeness (QED) is 0.836. The molecule has 0 bridgehead atoms. The smallest absolute Gasteiger partial charge is 0.307 e. The van der Waals surface area contributed by atoms with Crippen molar-refractivity contribution in [2.24, 2.45) is 17.3 Å². The summed E-state index contributed by atoms with van der Waals surface area (Å²) >= 11 is 0. The van der Waals surface area contributed by atoms with Crippen LogP contribution in [0.2, 0.25) is 0 Å². The van der Waals surface area contributed by atoms with Crippen molar-refractivity contribution in [3.05, 3.63) is 11.4 Å². The lowest BCUT2D eigenvalue weighted by Crippen LogP contribution is -2.20. The Morgan fingerprint density at radius 2 is 1.79 bits per heavy atom. The van der Waals surface area contributed by atoms with Crippen molar-refractivity contribution in [1.29, 1.82) is 0 Å². The molecule has 1 fully saturated rings. The Bertz CT molecular complexity index is 556. The summed E-state index contributed by atoms with van der Waals surface area (Å²) in [6.45, 7) is 7.05. The van der Waals surface area contributed by atoms with Crippen LogP contribution in [0, 0.1) is 31.1 Å². The lowest BCUT2D eigenvalue weighted by molar-refractivity contribution is -0.140. The Kier molecular flexibility index (Phi) is 3.00. The third-order valence-corrected chi connectivity index (χ3v) is 3.70. The number of nitrogens with one attached hydrogen (secondary N) is 1. The fraction of sp³-hybridized carbons (Fsp3) is 0.583. The summed E-state index contributed by atoms with van der Waals surface area (Å²) in [5, 5.41) is 19.2. The molecule has 1 aromatic heterocycles. The molecule has 0 radical (unpaired) electrons. The third kappa shape index (κ3) is 2.27. The summed E-state index contributed by atoms with van der Waals surface area (Å²) in [6, 6.07) is 0. The maximum atomic E-state index is 12.0. The van der Waals surface area contributed by atoms with Crippen LogP contribution >= 0.6 is 0 Å². The lowest BCUT2D eigenvalue weighted by Gasteiger charge is -2.05. The van der Waals surface area contributed by atoms with Gasteiger partial charge in [0.05, 0.1) is 23.2 Å². The van der Waals surface area contributed by atoms with Gasteiger partial charge >= 0.3 is 5.97 Å². The SMILES string of the molecule is Cc1nnc(NC(=O)C2C(C(=O)O)C2(C)C)nc1C. The summed E-state index contributed by atoms with van der Waals surface area (Å²) in [6.07, 6.45) is 0. The van der Waals surface area contributed by atoms with Crippen LogP contribution in [-0.2, 0) is 9.59 Å². The number of hydrogen-bond acceptors (Lipinski definition) is 5. The number of carboxylic acid groups (broad SMARTS) is 1. The highest BCUT2D eigenvalue weighted by molar-refractivity contribution is 5.98. The van der Waals surface area contributed by atoms with E-state index in [4.69, 9.17) is 5.11 Å². The van der Waals surface area contributed by atoms with Gasteiger partial charge in [-0.2, -0.15) is 5.10 Å². The summed E-state index contributed by atoms with van der Waals surface area (Å²) in [7, 11) is 0. The molecular formula is C12H16N4O3. The van der Waals surface area contributed by atoms with Gasteiger partial charge in [-0.3, -0.25) is 14.9 Å². The first-order valence-electron chi connectivity index (χ1n) is 5.96. The summed E-state index contributed by atoms with van der Waals surface area (Å²) < 4.78 is 0. The maximum Gasteiger partial charge on any atom is 0.307 e. The first-order chi connectivity index (χ1) is 8.75. The summed E-state index contributed by atoms with van der Waals surface area (Å²) in [4.78, 5) is 27.1. The van der Waals surface area contributed by atoms with Crippen LogP contribution in [0.3, 0.4) is 0 Å². The zero-order valence-corrected chi connectivity index (χ0v) is 11.3. The molecule has 0 saturated heterocycles. The van der Waals surface area contributed by atoms with Crippen LogP contribution in [0.1, 0.15) is 25.2 Å². The van der Waals surface area contributed by atoms with E-state index in [2.05, 4.69) is 20.5 Å². The second kappa shape index (κ2) is 4.25. The number of carbonyl (C=O) groups excluding carboxylic acids is 1. The van der Waals surface area contributed by atoms with Crippen molar-refractivity contribution in [1.82, 2.24) is 15.2 Å². The minimum atomic E-state index is -0.954. The van der Waals surface area contributed by atoms with Gasteiger partial charge < -0.3 is 5.11 Å². The highest BCUT2D eigenvalue weighted by Crippen LogP contribution is 2.58. The molecule has 1 aromatic rings. The predicted octanol–water partition coefficient (Wildman–Crippen LogP) is 0.784. The van der Waals surface area contributed by atoms with Gasteiger partial charge in [0.25, 0.3) is 0 Å². The molecular weight excluding hydrogens is 248 g/mol. The number of nitrogens with zero attached hydrogens (tertiary/aromatic N) is 3. The van der Waals surface area contributed by atoms with E-state index in [-0.39, 0.29) is 11.9 Å². The molecule has 1 saturated carbocycles. The number of anilines is 1. The van der Waals surface area contributed by atoms with E-state index in [0.29, 0.717) is 11.4 Å². The fourth-order valence-corrected chi connectivity index (χ4v) is 2.29. The van der Waals surface area contributed by atoms with Crippen molar-refractivity contribution >= 4 is 17.8 Å². The van der Waals surface area contributed by atoms with Crippen LogP contribution in [-0.4, -0.2) is 32.2 Å². The highest BCUT2D eigenvalue weighted by atomic mass is 16.4. The monoisotopic (exact) mass is 264 g/mol. The Hall–Kier alpha value is -2.05. The number of carbonyl (C=O) groups is 2. The average Bonchev–Trinajstić information content (AvgIpc) is 2.87. The van der Waals surface area contributed by atoms with Crippen molar-refractivity contribution in [3.63, 3.8) is 0 Å². The normalized spacial score (nSPS) is 23.8. The molecule has 2 atom stereocenters. The van der Waals surface area contributed by atoms with Crippen LogP contribution < -0.4 is 5.32 Å². The molecule has 1 aliphatic carbocycles. The number of aromatic nitrogens is 3. The first kappa shape index (κ1) is 13.4. The minimum Gasteiger partial charge on any atom is -0.481 e. The van der Waals surface area contributed by atoms with Crippen molar-refractivity contribution < 1.29 is 14.7 Å². The molecule has 1 amide bonds. The highest BCUT2D eigenvalue weighted by Gasteiger charge is 2.66. The Balaban J connectivity index is 2.10. The van der Waals surface area contributed by atoms with Gasteiger partial charge in [0.15, 0.2) is 0 Å². The Morgan fingerprint density at radius 3 is 2.26 bits per heavy atom. The van der Waals surface area contributed by atoms with Gasteiger partial charge in [0.1, 0.15) is 0 Å². The first-order valence-corrected chi connectivity index (χ1v) is 5.96. The third-order valence-electron chi connectivity index (χ3n) is 3.70. The predicted molar refractivity (Wildman–Crippen MR) is 66.3 cm³/mol. The van der Waals surface area contributed by atoms with Gasteiger partial charge in [-0.05, 0) is 19.3 Å². The number of hydrogen-bond donors (Lipinski definition) is 2. The van der Waals surface area contributed by atoms with E-state index in [1.165, 1.54) is 0 Å². The van der Waals surface area contributed by atoms with Crippen molar-refractivity contribution in [2.45, 2.75) is 27.7 Å². The van der Waals surface area contributed by atoms with Crippen LogP contribution in [0.15, 0.2) is 0 Å². The van der Waals surface area contributed by atoms with Crippen LogP contribution in [0.25, 0.3) is 0 Å². The van der Waals surface area contributed by atoms with Gasteiger partial charge in [0.2, 0.25) is 11.9 Å². The van der Waals surface area contributed by atoms with Crippen LogP contribution in [0.5, 0.6) is 0 Å². The van der Waals surface area contributed by atoms with Crippen molar-refractivity contribution in [3.8, 4) is 0 Å². The Labute approximate surface area is 110 Å². The molecule has 0 aromatic carbocycles. The number of amides is 1. The van der Waals surface area contributed by atoms with E-state index in [1.807, 2.05) is 0 Å². The van der Waals surface area contributed by atoms with E-state index >= 15 is 0 Å². The number of carboxylic acids is 1. The second-order valence-electron chi connectivity index (χ2n) is 5.41. The molecule has 1 aliphatic rings. The minimum absolute atomic E-state index is 0.111. The number of aryl methyl sites for hydroxylation is 2. The zero-order valence-electron chi connectivity index (χ0n) is 11.3. The standard InChI is InChI=1S/C12H16N4O3/c1-5-6(2)15-16-11(13-5)14-9(17)7-8(10(18)19)12(7,3)4/h7-8H,1-4H3,(H,18,19)(H,13,14,16,17).